The molecule has 24 nitrogen and oxygen atoms in total. The van der Waals surface area contributed by atoms with Crippen LogP contribution in [-0.4, -0.2) is 168 Å². The van der Waals surface area contributed by atoms with E-state index in [1.54, 1.807) is 104 Å². The lowest BCUT2D eigenvalue weighted by molar-refractivity contribution is -0.160. The van der Waals surface area contributed by atoms with Gasteiger partial charge in [-0.2, -0.15) is 0 Å². The number of carbonyl (C=O) groups is 8. The fourth-order valence-electron chi connectivity index (χ4n) is 16.6. The van der Waals surface area contributed by atoms with Gasteiger partial charge in [-0.15, -0.1) is 0 Å². The number of nitrogens with zero attached hydrogens (tertiary/aromatic N) is 4. The number of pyridine rings is 2. The molecule has 114 heavy (non-hydrogen) atoms. The SMILES string of the molecule is C[C@@H]1CC/C=C\[C@@H]2C[C@@]2(C(=O)NS(=O)(=O)C2(C)CC2)CC(=O)[C@@H]2C[C@@H](Oc3ncc(OCC(F)F)c4ccccc34)CN2C(=O)[C@@H](CC(=O)OC(C)(C)C)[C@H](C)C1.C[C@H]1CC/C=C\[C@@H]2C[C@@]2(C(=O)NS(=O)(=O)C2(C)CC2)CC(=O)[C@@H]2C[C@@H](Oc3ncc(OCC(F)F)c4ccccc34)CN2C(=O)[C@@H](CC(=O)OC(C)(C)C)[C@H](C)C1. The molecular weight excluding hydrogens is 1520 g/mol. The van der Waals surface area contributed by atoms with E-state index in [1.165, 1.54) is 22.2 Å². The number of aromatic nitrogens is 2. The van der Waals surface area contributed by atoms with Crippen LogP contribution in [0.1, 0.15) is 199 Å². The molecule has 6 fully saturated rings. The Morgan fingerprint density at radius 3 is 1.23 bits per heavy atom. The number of fused-ring (bicyclic) bond motifs is 6. The van der Waals surface area contributed by atoms with E-state index >= 15 is 0 Å². The minimum absolute atomic E-state index is 0.0305. The van der Waals surface area contributed by atoms with Gasteiger partial charge in [-0.25, -0.2) is 44.4 Å². The Kier molecular flexibility index (Phi) is 25.9. The lowest BCUT2D eigenvalue weighted by Crippen LogP contribution is -2.48. The van der Waals surface area contributed by atoms with Crippen molar-refractivity contribution in [2.75, 3.05) is 26.3 Å². The number of sulfonamides is 2. The van der Waals surface area contributed by atoms with Crippen molar-refractivity contribution in [1.29, 1.82) is 0 Å². The molecule has 4 aromatic rings. The van der Waals surface area contributed by atoms with E-state index in [1.807, 2.05) is 38.2 Å². The number of esters is 2. The van der Waals surface area contributed by atoms with Gasteiger partial charge in [0.05, 0.1) is 82.6 Å². The number of allylic oxidation sites excluding steroid dienone is 4. The van der Waals surface area contributed by atoms with Crippen molar-refractivity contribution < 1.29 is 101 Å². The van der Waals surface area contributed by atoms with Gasteiger partial charge < -0.3 is 38.2 Å². The highest BCUT2D eigenvalue weighted by atomic mass is 32.2. The second-order valence-electron chi connectivity index (χ2n) is 35.7. The number of ketones is 2. The van der Waals surface area contributed by atoms with E-state index in [-0.39, 0.29) is 123 Å². The van der Waals surface area contributed by atoms with Crippen LogP contribution < -0.4 is 28.4 Å². The molecule has 4 aliphatic carbocycles. The molecule has 8 aliphatic rings. The normalized spacial score (nSPS) is 29.7. The number of amides is 4. The van der Waals surface area contributed by atoms with Crippen molar-refractivity contribution in [2.24, 2.45) is 58.2 Å². The first-order valence-corrected chi connectivity index (χ1v) is 42.9. The van der Waals surface area contributed by atoms with E-state index in [4.69, 9.17) is 28.4 Å². The summed E-state index contributed by atoms with van der Waals surface area (Å²) in [6.07, 6.45) is 8.97. The number of hydrogen-bond donors (Lipinski definition) is 2. The molecule has 12 rings (SSSR count). The highest BCUT2D eigenvalue weighted by Crippen LogP contribution is 2.59. The molecule has 2 N–H and O–H groups in total. The molecule has 6 heterocycles. The molecule has 4 aliphatic heterocycles. The highest BCUT2D eigenvalue weighted by Gasteiger charge is 2.65. The fourth-order valence-corrected chi connectivity index (χ4v) is 19.3. The standard InChI is InChI=1S/2C42H55F2N3O9S/c2*1-25-11-7-8-12-27-20-42(27,39(51)46-57(52,53)41(6)15-16-41)21-33(48)32-18-28(23-47(32)38(50)31(26(2)17-25)19-36(49)56-40(3,4)5)55-37-30-14-10-9-13-29(30)34(22-45-37)54-24-35(43)44/h2*8-10,12-14,22,25-28,31-32,35H,7,11,15-21,23-24H2,1-6H3,(H,46,51)/b2*12-8-/t25-,26+,27+,28+,31-,32-,42+;25-,26-,27-,28-,31+,32+,42-/m01/s1. The summed E-state index contributed by atoms with van der Waals surface area (Å²) in [6, 6.07) is 11.6. The lowest BCUT2D eigenvalue weighted by atomic mass is 9.82. The van der Waals surface area contributed by atoms with Gasteiger partial charge in [-0.1, -0.05) is 88.4 Å². The molecule has 14 atom stereocenters. The first kappa shape index (κ1) is 86.6. The summed E-state index contributed by atoms with van der Waals surface area (Å²) in [5.41, 5.74) is -4.21. The van der Waals surface area contributed by atoms with Crippen molar-refractivity contribution in [3.05, 3.63) is 85.2 Å². The number of rotatable bonds is 20. The first-order chi connectivity index (χ1) is 53.4. The summed E-state index contributed by atoms with van der Waals surface area (Å²) in [5, 5.41) is 1.93. The molecule has 2 aromatic heterocycles. The third-order valence-electron chi connectivity index (χ3n) is 23.9. The van der Waals surface area contributed by atoms with Crippen LogP contribution in [0, 0.1) is 58.2 Å². The van der Waals surface area contributed by atoms with Crippen LogP contribution in [0.15, 0.2) is 85.2 Å². The summed E-state index contributed by atoms with van der Waals surface area (Å²) in [5.74, 6) is -6.22. The quantitative estimate of drug-likeness (QED) is 0.0472. The first-order valence-electron chi connectivity index (χ1n) is 39.9. The van der Waals surface area contributed by atoms with Crippen LogP contribution in [-0.2, 0) is 67.9 Å². The minimum Gasteiger partial charge on any atom is -0.485 e. The number of Topliss-reactive ketones (excluding diaryl/α,β-unsaturated/α-hetero) is 2. The summed E-state index contributed by atoms with van der Waals surface area (Å²) in [7, 11) is -7.98. The smallest absolute Gasteiger partial charge is 0.307 e. The van der Waals surface area contributed by atoms with Gasteiger partial charge in [-0.3, -0.25) is 47.8 Å². The van der Waals surface area contributed by atoms with Gasteiger partial charge >= 0.3 is 11.9 Å². The Labute approximate surface area is 665 Å². The van der Waals surface area contributed by atoms with Gasteiger partial charge in [0.25, 0.3) is 12.9 Å². The van der Waals surface area contributed by atoms with Crippen LogP contribution >= 0.6 is 0 Å². The van der Waals surface area contributed by atoms with E-state index in [9.17, 15) is 72.8 Å². The fraction of sp³-hybridized carbons (Fsp3) is 0.643. The molecule has 30 heteroatoms. The molecule has 0 spiro atoms. The second kappa shape index (κ2) is 34.1. The number of nitrogens with one attached hydrogen (secondary N) is 2. The Hall–Kier alpha value is -8.28. The maximum Gasteiger partial charge on any atom is 0.307 e. The van der Waals surface area contributed by atoms with Crippen molar-refractivity contribution >= 4 is 88.7 Å². The van der Waals surface area contributed by atoms with Crippen molar-refractivity contribution in [3.8, 4) is 23.3 Å². The molecule has 0 bridgehead atoms. The summed E-state index contributed by atoms with van der Waals surface area (Å²) >= 11 is 0. The topological polar surface area (TPSA) is 317 Å². The van der Waals surface area contributed by atoms with Crippen LogP contribution in [0.25, 0.3) is 21.5 Å². The molecule has 0 unspecified atom stereocenters. The predicted octanol–water partition coefficient (Wildman–Crippen LogP) is 13.1. The van der Waals surface area contributed by atoms with Gasteiger partial charge in [0.1, 0.15) is 48.1 Å². The van der Waals surface area contributed by atoms with E-state index < -0.39 is 161 Å². The van der Waals surface area contributed by atoms with Crippen LogP contribution in [0.4, 0.5) is 17.6 Å². The minimum atomic E-state index is -3.99. The Morgan fingerprint density at radius 1 is 0.544 bits per heavy atom. The summed E-state index contributed by atoms with van der Waals surface area (Å²) in [6.45, 7) is 20.0. The Balaban J connectivity index is 0.000000225. The van der Waals surface area contributed by atoms with Crippen LogP contribution in [0.3, 0.4) is 0 Å². The number of hydrogen-bond acceptors (Lipinski definition) is 20. The maximum absolute atomic E-state index is 14.9. The predicted molar refractivity (Wildman–Crippen MR) is 416 cm³/mol. The molecule has 4 amide bonds. The third kappa shape index (κ3) is 20.4. The summed E-state index contributed by atoms with van der Waals surface area (Å²) in [4.78, 5) is 125. The zero-order valence-electron chi connectivity index (χ0n) is 67.2. The zero-order chi connectivity index (χ0) is 83.0. The Bertz CT molecular complexity index is 4310. The number of alkyl halides is 4. The summed E-state index contributed by atoms with van der Waals surface area (Å²) < 4.78 is 142. The van der Waals surface area contributed by atoms with Gasteiger partial charge in [0.15, 0.2) is 11.6 Å². The Morgan fingerprint density at radius 2 is 0.895 bits per heavy atom. The van der Waals surface area contributed by atoms with Crippen LogP contribution in [0.2, 0.25) is 0 Å². The molecule has 0 radical (unpaired) electrons. The monoisotopic (exact) mass is 1630 g/mol. The maximum atomic E-state index is 14.9. The van der Waals surface area contributed by atoms with Crippen molar-refractivity contribution in [3.63, 3.8) is 0 Å². The molecule has 2 aromatic carbocycles. The van der Waals surface area contributed by atoms with Gasteiger partial charge in [0, 0.05) is 47.2 Å². The number of halogens is 4. The number of carbonyl (C=O) groups excluding carboxylic acids is 8. The van der Waals surface area contributed by atoms with E-state index in [0.29, 0.717) is 72.9 Å². The average molecular weight is 1630 g/mol. The second-order valence-corrected chi connectivity index (χ2v) is 40.1. The largest absolute Gasteiger partial charge is 0.485 e. The van der Waals surface area contributed by atoms with Gasteiger partial charge in [-0.05, 0) is 180 Å². The highest BCUT2D eigenvalue weighted by molar-refractivity contribution is 7.92. The molecular formula is C84H110F4N6O18S2. The van der Waals surface area contributed by atoms with Crippen molar-refractivity contribution in [1.82, 2.24) is 29.2 Å². The third-order valence-corrected chi connectivity index (χ3v) is 28.3. The van der Waals surface area contributed by atoms with E-state index in [2.05, 4.69) is 33.3 Å². The van der Waals surface area contributed by atoms with Crippen LogP contribution in [0.5, 0.6) is 23.3 Å². The molecule has 4 saturated carbocycles. The zero-order valence-corrected chi connectivity index (χ0v) is 68.8. The van der Waals surface area contributed by atoms with Gasteiger partial charge in [0.2, 0.25) is 55.4 Å². The lowest BCUT2D eigenvalue weighted by Gasteiger charge is -2.32. The average Bonchev–Trinajstić information content (AvgIpc) is 1.57. The van der Waals surface area contributed by atoms with E-state index in [0.717, 1.165) is 12.8 Å². The molecule has 624 valence electrons. The number of benzene rings is 2. The number of ether oxygens (including phenoxy) is 6. The van der Waals surface area contributed by atoms with Crippen molar-refractivity contribution in [2.45, 2.75) is 256 Å². The molecule has 2 saturated heterocycles.